The summed E-state index contributed by atoms with van der Waals surface area (Å²) in [5, 5.41) is 0. The summed E-state index contributed by atoms with van der Waals surface area (Å²) >= 11 is 5.73. The molecule has 0 amide bonds. The van der Waals surface area contributed by atoms with Crippen molar-refractivity contribution < 1.29 is 9.53 Å². The van der Waals surface area contributed by atoms with Crippen LogP contribution in [0.5, 0.6) is 0 Å². The Morgan fingerprint density at radius 3 is 2.55 bits per heavy atom. The Labute approximate surface area is 139 Å². The van der Waals surface area contributed by atoms with Crippen LogP contribution in [0, 0.1) is 0 Å². The first kappa shape index (κ1) is 18.8. The van der Waals surface area contributed by atoms with E-state index in [4.69, 9.17) is 16.3 Å². The lowest BCUT2D eigenvalue weighted by Gasteiger charge is -2.23. The second-order valence-corrected chi connectivity index (χ2v) is 6.99. The fourth-order valence-corrected chi connectivity index (χ4v) is 2.59. The molecule has 0 N–H and O–H groups in total. The summed E-state index contributed by atoms with van der Waals surface area (Å²) in [5.74, 6) is 1.39. The first-order valence-corrected chi connectivity index (χ1v) is 8.32. The Morgan fingerprint density at radius 2 is 2.00 bits per heavy atom. The number of rotatable bonds is 8. The fourth-order valence-electron chi connectivity index (χ4n) is 2.40. The maximum Gasteiger partial charge on any atom is 0.137 e. The van der Waals surface area contributed by atoms with Gasteiger partial charge in [-0.2, -0.15) is 0 Å². The smallest absolute Gasteiger partial charge is 0.137 e. The highest BCUT2D eigenvalue weighted by Crippen LogP contribution is 2.28. The second kappa shape index (κ2) is 8.38. The first-order chi connectivity index (χ1) is 10.2. The maximum absolute atomic E-state index is 12.0. The summed E-state index contributed by atoms with van der Waals surface area (Å²) in [6.45, 7) is 11.6. The molecule has 1 aromatic carbocycles. The highest BCUT2D eigenvalue weighted by Gasteiger charge is 2.18. The average molecular weight is 323 g/mol. The van der Waals surface area contributed by atoms with Crippen LogP contribution in [0.25, 0.3) is 5.76 Å². The summed E-state index contributed by atoms with van der Waals surface area (Å²) in [6.07, 6.45) is 2.72. The van der Waals surface area contributed by atoms with Gasteiger partial charge >= 0.3 is 0 Å². The van der Waals surface area contributed by atoms with Crippen molar-refractivity contribution in [3.05, 3.63) is 42.0 Å². The minimum Gasteiger partial charge on any atom is -0.488 e. The van der Waals surface area contributed by atoms with Crippen LogP contribution in [0.1, 0.15) is 64.0 Å². The maximum atomic E-state index is 12.0. The van der Waals surface area contributed by atoms with Gasteiger partial charge in [-0.05, 0) is 52.2 Å². The van der Waals surface area contributed by atoms with Crippen molar-refractivity contribution in [3.63, 3.8) is 0 Å². The molecule has 0 heterocycles. The van der Waals surface area contributed by atoms with E-state index in [-0.39, 0.29) is 17.3 Å². The van der Waals surface area contributed by atoms with Gasteiger partial charge in [0.05, 0.1) is 0 Å². The molecule has 0 aromatic heterocycles. The van der Waals surface area contributed by atoms with Crippen LogP contribution in [0.3, 0.4) is 0 Å². The van der Waals surface area contributed by atoms with Gasteiger partial charge in [-0.3, -0.25) is 4.79 Å². The molecule has 22 heavy (non-hydrogen) atoms. The quantitative estimate of drug-likeness (QED) is 0.356. The van der Waals surface area contributed by atoms with Gasteiger partial charge in [0.2, 0.25) is 0 Å². The minimum atomic E-state index is -0.284. The van der Waals surface area contributed by atoms with E-state index in [0.717, 1.165) is 30.4 Å². The van der Waals surface area contributed by atoms with Gasteiger partial charge in [0, 0.05) is 17.4 Å². The van der Waals surface area contributed by atoms with Gasteiger partial charge in [-0.15, -0.1) is 11.6 Å². The molecule has 1 rings (SSSR count). The number of halogens is 1. The number of hydrogen-bond acceptors (Lipinski definition) is 2. The molecule has 122 valence electrons. The van der Waals surface area contributed by atoms with E-state index in [1.54, 1.807) is 6.92 Å². The predicted molar refractivity (Wildman–Crippen MR) is 94.3 cm³/mol. The van der Waals surface area contributed by atoms with E-state index in [9.17, 15) is 4.79 Å². The summed E-state index contributed by atoms with van der Waals surface area (Å²) in [5.41, 5.74) is 1.67. The van der Waals surface area contributed by atoms with Gasteiger partial charge < -0.3 is 4.74 Å². The summed E-state index contributed by atoms with van der Waals surface area (Å²) < 4.78 is 5.82. The van der Waals surface area contributed by atoms with Crippen LogP contribution in [0.15, 0.2) is 30.8 Å². The van der Waals surface area contributed by atoms with E-state index in [0.29, 0.717) is 11.6 Å². The van der Waals surface area contributed by atoms with Gasteiger partial charge in [0.25, 0.3) is 0 Å². The summed E-state index contributed by atoms with van der Waals surface area (Å²) in [4.78, 5) is 12.0. The number of carbonyl (C=O) groups excluding carboxylic acids is 1. The molecule has 1 atom stereocenters. The number of benzene rings is 1. The summed E-state index contributed by atoms with van der Waals surface area (Å²) in [7, 11) is 0. The van der Waals surface area contributed by atoms with Crippen LogP contribution in [-0.2, 0) is 9.53 Å². The second-order valence-electron chi connectivity index (χ2n) is 6.61. The normalized spacial score (nSPS) is 12.8. The fraction of sp³-hybridized carbons (Fsp3) is 0.526. The Balaban J connectivity index is 2.92. The molecular weight excluding hydrogens is 296 g/mol. The van der Waals surface area contributed by atoms with Crippen molar-refractivity contribution in [1.29, 1.82) is 0 Å². The number of ether oxygens (including phenoxy) is 1. The molecule has 0 fully saturated rings. The molecule has 2 nitrogen and oxygen atoms in total. The zero-order valence-electron chi connectivity index (χ0n) is 14.1. The van der Waals surface area contributed by atoms with Gasteiger partial charge in [0.1, 0.15) is 17.1 Å². The van der Waals surface area contributed by atoms with Crippen molar-refractivity contribution in [2.45, 2.75) is 58.5 Å². The monoisotopic (exact) mass is 322 g/mol. The Hall–Kier alpha value is -1.28. The largest absolute Gasteiger partial charge is 0.488 e. The Bertz CT molecular complexity index is 514. The number of alkyl halides is 1. The standard InChI is InChI=1S/C19H27ClO2/c1-14(21)18(11-6-7-12-20)17-10-8-9-16(13-17)15(2)22-19(3,4)5/h8-10,13,18H,2,6-7,11-12H2,1,3-5H3. The number of Topliss-reactive ketones (excluding diaryl/α,β-unsaturated/α-hetero) is 1. The lowest BCUT2D eigenvalue weighted by molar-refractivity contribution is -0.118. The molecule has 0 aliphatic heterocycles. The summed E-state index contributed by atoms with van der Waals surface area (Å²) in [6, 6.07) is 7.94. The van der Waals surface area contributed by atoms with E-state index >= 15 is 0 Å². The third-order valence-corrected chi connectivity index (χ3v) is 3.67. The van der Waals surface area contributed by atoms with E-state index in [1.165, 1.54) is 0 Å². The van der Waals surface area contributed by atoms with E-state index in [1.807, 2.05) is 45.0 Å². The van der Waals surface area contributed by atoms with Crippen molar-refractivity contribution in [2.75, 3.05) is 5.88 Å². The van der Waals surface area contributed by atoms with Crippen LogP contribution < -0.4 is 0 Å². The molecule has 3 heteroatoms. The Kier molecular flexibility index (Phi) is 7.15. The highest BCUT2D eigenvalue weighted by atomic mass is 35.5. The van der Waals surface area contributed by atoms with Gasteiger partial charge in [-0.1, -0.05) is 31.2 Å². The van der Waals surface area contributed by atoms with Gasteiger partial charge in [-0.25, -0.2) is 0 Å². The minimum absolute atomic E-state index is 0.0781. The van der Waals surface area contributed by atoms with E-state index < -0.39 is 0 Å². The molecule has 0 bridgehead atoms. The lowest BCUT2D eigenvalue weighted by atomic mass is 9.89. The van der Waals surface area contributed by atoms with Crippen LogP contribution >= 0.6 is 11.6 Å². The topological polar surface area (TPSA) is 26.3 Å². The van der Waals surface area contributed by atoms with Gasteiger partial charge in [0.15, 0.2) is 0 Å². The van der Waals surface area contributed by atoms with E-state index in [2.05, 4.69) is 6.58 Å². The Morgan fingerprint density at radius 1 is 1.32 bits per heavy atom. The zero-order chi connectivity index (χ0) is 16.8. The van der Waals surface area contributed by atoms with Crippen molar-refractivity contribution in [2.24, 2.45) is 0 Å². The molecule has 0 aliphatic rings. The molecule has 0 spiro atoms. The SMILES string of the molecule is C=C(OC(C)(C)C)c1cccc(C(CCCCCl)C(C)=O)c1. The lowest BCUT2D eigenvalue weighted by Crippen LogP contribution is -2.18. The number of ketones is 1. The third-order valence-electron chi connectivity index (χ3n) is 3.41. The van der Waals surface area contributed by atoms with Crippen molar-refractivity contribution >= 4 is 23.1 Å². The number of carbonyl (C=O) groups is 1. The van der Waals surface area contributed by atoms with Crippen molar-refractivity contribution in [3.8, 4) is 0 Å². The van der Waals surface area contributed by atoms with Crippen LogP contribution in [-0.4, -0.2) is 17.3 Å². The van der Waals surface area contributed by atoms with Crippen molar-refractivity contribution in [1.82, 2.24) is 0 Å². The zero-order valence-corrected chi connectivity index (χ0v) is 14.9. The molecular formula is C19H27ClO2. The third kappa shape index (κ3) is 6.23. The molecule has 0 radical (unpaired) electrons. The van der Waals surface area contributed by atoms with Crippen LogP contribution in [0.2, 0.25) is 0 Å². The molecule has 1 aromatic rings. The number of hydrogen-bond donors (Lipinski definition) is 0. The molecule has 0 aliphatic carbocycles. The molecule has 0 saturated heterocycles. The molecule has 0 saturated carbocycles. The predicted octanol–water partition coefficient (Wildman–Crippen LogP) is 5.55. The average Bonchev–Trinajstić information content (AvgIpc) is 2.41. The van der Waals surface area contributed by atoms with Crippen LogP contribution in [0.4, 0.5) is 0 Å². The number of unbranched alkanes of at least 4 members (excludes halogenated alkanes) is 1. The molecule has 1 unspecified atom stereocenters. The highest BCUT2D eigenvalue weighted by molar-refractivity contribution is 6.17. The first-order valence-electron chi connectivity index (χ1n) is 7.79.